The van der Waals surface area contributed by atoms with E-state index in [9.17, 15) is 0 Å². The third-order valence-electron chi connectivity index (χ3n) is 3.31. The van der Waals surface area contributed by atoms with Gasteiger partial charge in [0, 0.05) is 32.5 Å². The Kier molecular flexibility index (Phi) is 4.16. The van der Waals surface area contributed by atoms with E-state index in [1.807, 2.05) is 47.9 Å². The normalized spacial score (nSPS) is 11.0. The molecular weight excluding hydrogens is 373 g/mol. The number of ether oxygens (including phenoxy) is 1. The van der Waals surface area contributed by atoms with Crippen LogP contribution in [-0.2, 0) is 6.61 Å². The fourth-order valence-electron chi connectivity index (χ4n) is 2.22. The highest BCUT2D eigenvalue weighted by Gasteiger charge is 2.12. The van der Waals surface area contributed by atoms with Crippen LogP contribution in [0.5, 0.6) is 5.75 Å². The number of hydrogen-bond donors (Lipinski definition) is 0. The fraction of sp³-hybridized carbons (Fsp3) is 0.125. The van der Waals surface area contributed by atoms with Gasteiger partial charge in [0.2, 0.25) is 0 Å². The summed E-state index contributed by atoms with van der Waals surface area (Å²) in [5.41, 5.74) is 2.95. The van der Waals surface area contributed by atoms with Crippen LogP contribution >= 0.6 is 39.1 Å². The molecule has 0 saturated heterocycles. The second-order valence-electron chi connectivity index (χ2n) is 4.74. The van der Waals surface area contributed by atoms with Crippen LogP contribution in [0.15, 0.2) is 47.2 Å². The summed E-state index contributed by atoms with van der Waals surface area (Å²) in [5.74, 6) is 0.786. The molecular formula is C16H12BrCl2NO. The van der Waals surface area contributed by atoms with Gasteiger partial charge in [-0.25, -0.2) is 0 Å². The number of aryl methyl sites for hydroxylation is 1. The van der Waals surface area contributed by atoms with Gasteiger partial charge in [0.1, 0.15) is 17.9 Å². The molecule has 3 aromatic rings. The number of halogens is 3. The van der Waals surface area contributed by atoms with Crippen molar-refractivity contribution < 1.29 is 4.74 Å². The standard InChI is InChI=1S/C16H12BrCl2NO/c1-10-8-20-7-3-6-14(16(20)15(10)17)21-9-11-12(18)4-2-5-13(11)19/h2-8H,9H2,1H3. The van der Waals surface area contributed by atoms with E-state index >= 15 is 0 Å². The van der Waals surface area contributed by atoms with Gasteiger partial charge in [0.05, 0.1) is 0 Å². The third-order valence-corrected chi connectivity index (χ3v) is 5.02. The van der Waals surface area contributed by atoms with E-state index in [1.165, 1.54) is 0 Å². The summed E-state index contributed by atoms with van der Waals surface area (Å²) in [6.45, 7) is 2.38. The van der Waals surface area contributed by atoms with Crippen molar-refractivity contribution in [2.75, 3.05) is 0 Å². The third kappa shape index (κ3) is 2.78. The molecule has 0 aliphatic rings. The van der Waals surface area contributed by atoms with Crippen molar-refractivity contribution in [2.45, 2.75) is 13.5 Å². The molecule has 0 saturated carbocycles. The Labute approximate surface area is 141 Å². The van der Waals surface area contributed by atoms with Crippen LogP contribution < -0.4 is 4.74 Å². The smallest absolute Gasteiger partial charge is 0.145 e. The molecule has 21 heavy (non-hydrogen) atoms. The minimum Gasteiger partial charge on any atom is -0.487 e. The summed E-state index contributed by atoms with van der Waals surface area (Å²) in [6, 6.07) is 9.32. The lowest BCUT2D eigenvalue weighted by Gasteiger charge is -2.11. The highest BCUT2D eigenvalue weighted by Crippen LogP contribution is 2.33. The molecule has 2 heterocycles. The quantitative estimate of drug-likeness (QED) is 0.548. The van der Waals surface area contributed by atoms with Crippen LogP contribution in [0.2, 0.25) is 10.0 Å². The van der Waals surface area contributed by atoms with Crippen molar-refractivity contribution >= 4 is 44.6 Å². The SMILES string of the molecule is Cc1cn2cccc(OCc3c(Cl)cccc3Cl)c2c1Br. The van der Waals surface area contributed by atoms with Gasteiger partial charge in [-0.1, -0.05) is 29.3 Å². The predicted octanol–water partition coefficient (Wildman–Crippen LogP) is 5.90. The first kappa shape index (κ1) is 14.8. The number of nitrogens with zero attached hydrogens (tertiary/aromatic N) is 1. The van der Waals surface area contributed by atoms with Gasteiger partial charge < -0.3 is 9.14 Å². The molecule has 2 nitrogen and oxygen atoms in total. The van der Waals surface area contributed by atoms with Crippen molar-refractivity contribution in [1.82, 2.24) is 4.40 Å². The van der Waals surface area contributed by atoms with Crippen LogP contribution in [0.1, 0.15) is 11.1 Å². The van der Waals surface area contributed by atoms with E-state index in [0.717, 1.165) is 26.9 Å². The average Bonchev–Trinajstić information content (AvgIpc) is 2.74. The number of rotatable bonds is 3. The zero-order valence-electron chi connectivity index (χ0n) is 11.2. The predicted molar refractivity (Wildman–Crippen MR) is 90.6 cm³/mol. The lowest BCUT2D eigenvalue weighted by molar-refractivity contribution is 0.309. The van der Waals surface area contributed by atoms with Crippen molar-refractivity contribution in [3.63, 3.8) is 0 Å². The summed E-state index contributed by atoms with van der Waals surface area (Å²) >= 11 is 15.9. The molecule has 2 aromatic heterocycles. The number of hydrogen-bond acceptors (Lipinski definition) is 1. The molecule has 3 rings (SSSR count). The summed E-state index contributed by atoms with van der Waals surface area (Å²) in [5, 5.41) is 1.22. The topological polar surface area (TPSA) is 13.6 Å². The average molecular weight is 385 g/mol. The van der Waals surface area contributed by atoms with Gasteiger partial charge >= 0.3 is 0 Å². The van der Waals surface area contributed by atoms with Gasteiger partial charge in [0.15, 0.2) is 0 Å². The van der Waals surface area contributed by atoms with Gasteiger partial charge in [-0.3, -0.25) is 0 Å². The van der Waals surface area contributed by atoms with Crippen LogP contribution in [0.4, 0.5) is 0 Å². The van der Waals surface area contributed by atoms with Gasteiger partial charge in [-0.05, 0) is 52.7 Å². The molecule has 0 amide bonds. The lowest BCUT2D eigenvalue weighted by Crippen LogP contribution is -1.99. The number of aromatic nitrogens is 1. The first-order valence-electron chi connectivity index (χ1n) is 6.39. The van der Waals surface area contributed by atoms with Crippen LogP contribution in [0.25, 0.3) is 5.52 Å². The van der Waals surface area contributed by atoms with Gasteiger partial charge in [-0.2, -0.15) is 0 Å². The molecule has 0 aliphatic carbocycles. The maximum Gasteiger partial charge on any atom is 0.145 e. The Morgan fingerprint density at radius 3 is 2.57 bits per heavy atom. The van der Waals surface area contributed by atoms with E-state index in [0.29, 0.717) is 16.7 Å². The summed E-state index contributed by atoms with van der Waals surface area (Å²) in [6.07, 6.45) is 4.04. The second kappa shape index (κ2) is 5.91. The molecule has 0 radical (unpaired) electrons. The van der Waals surface area contributed by atoms with E-state index in [1.54, 1.807) is 0 Å². The molecule has 0 unspecified atom stereocenters. The van der Waals surface area contributed by atoms with Gasteiger partial charge in [-0.15, -0.1) is 0 Å². The lowest BCUT2D eigenvalue weighted by atomic mass is 10.2. The fourth-order valence-corrected chi connectivity index (χ4v) is 3.23. The highest BCUT2D eigenvalue weighted by atomic mass is 79.9. The zero-order valence-corrected chi connectivity index (χ0v) is 14.3. The highest BCUT2D eigenvalue weighted by molar-refractivity contribution is 9.10. The number of benzene rings is 1. The Morgan fingerprint density at radius 1 is 1.14 bits per heavy atom. The Bertz CT molecular complexity index is 793. The minimum absolute atomic E-state index is 0.328. The van der Waals surface area contributed by atoms with E-state index in [-0.39, 0.29) is 0 Å². The van der Waals surface area contributed by atoms with Crippen LogP contribution in [0.3, 0.4) is 0 Å². The molecule has 0 fully saturated rings. The van der Waals surface area contributed by atoms with E-state index in [4.69, 9.17) is 27.9 Å². The first-order valence-corrected chi connectivity index (χ1v) is 7.94. The maximum absolute atomic E-state index is 6.17. The molecule has 1 aromatic carbocycles. The summed E-state index contributed by atoms with van der Waals surface area (Å²) in [7, 11) is 0. The van der Waals surface area contributed by atoms with Crippen molar-refractivity contribution in [3.8, 4) is 5.75 Å². The summed E-state index contributed by atoms with van der Waals surface area (Å²) < 4.78 is 9.00. The number of fused-ring (bicyclic) bond motifs is 1. The molecule has 108 valence electrons. The molecule has 0 N–H and O–H groups in total. The van der Waals surface area contributed by atoms with Crippen LogP contribution in [-0.4, -0.2) is 4.40 Å². The number of pyridine rings is 1. The van der Waals surface area contributed by atoms with Crippen LogP contribution in [0, 0.1) is 6.92 Å². The van der Waals surface area contributed by atoms with E-state index < -0.39 is 0 Å². The monoisotopic (exact) mass is 383 g/mol. The van der Waals surface area contributed by atoms with Crippen molar-refractivity contribution in [2.24, 2.45) is 0 Å². The Hall–Kier alpha value is -1.16. The molecule has 0 spiro atoms. The zero-order chi connectivity index (χ0) is 15.0. The van der Waals surface area contributed by atoms with Crippen molar-refractivity contribution in [1.29, 1.82) is 0 Å². The molecule has 0 atom stereocenters. The second-order valence-corrected chi connectivity index (χ2v) is 6.35. The maximum atomic E-state index is 6.17. The summed E-state index contributed by atoms with van der Waals surface area (Å²) in [4.78, 5) is 0. The molecule has 5 heteroatoms. The largest absolute Gasteiger partial charge is 0.487 e. The molecule has 0 aliphatic heterocycles. The van der Waals surface area contributed by atoms with Crippen molar-refractivity contribution in [3.05, 3.63) is 68.4 Å². The minimum atomic E-state index is 0.328. The van der Waals surface area contributed by atoms with E-state index in [2.05, 4.69) is 22.1 Å². The Balaban J connectivity index is 1.96. The molecule has 0 bridgehead atoms. The Morgan fingerprint density at radius 2 is 1.86 bits per heavy atom. The van der Waals surface area contributed by atoms with Gasteiger partial charge in [0.25, 0.3) is 0 Å². The first-order chi connectivity index (χ1) is 10.1.